The number of aliphatic carboxylic acids is 1. The van der Waals surface area contributed by atoms with Gasteiger partial charge in [-0.1, -0.05) is 62.4 Å². The summed E-state index contributed by atoms with van der Waals surface area (Å²) in [7, 11) is 0. The van der Waals surface area contributed by atoms with Crippen LogP contribution in [-0.2, 0) is 14.3 Å². The average Bonchev–Trinajstić information content (AvgIpc) is 3.05. The lowest BCUT2D eigenvalue weighted by molar-refractivity contribution is -0.142. The Morgan fingerprint density at radius 1 is 0.906 bits per heavy atom. The fraction of sp³-hybridized carbons (Fsp3) is 0.400. The first-order chi connectivity index (χ1) is 15.2. The number of fused-ring (bicyclic) bond motifs is 3. The Morgan fingerprint density at radius 3 is 1.94 bits per heavy atom. The second-order valence-electron chi connectivity index (χ2n) is 8.60. The lowest BCUT2D eigenvalue weighted by Gasteiger charge is -2.28. The van der Waals surface area contributed by atoms with Crippen molar-refractivity contribution in [1.82, 2.24) is 10.6 Å². The smallest absolute Gasteiger partial charge is 0.407 e. The second kappa shape index (κ2) is 9.85. The fourth-order valence-electron chi connectivity index (χ4n) is 4.39. The van der Waals surface area contributed by atoms with E-state index < -0.39 is 36.0 Å². The van der Waals surface area contributed by atoms with Crippen LogP contribution < -0.4 is 10.6 Å². The van der Waals surface area contributed by atoms with E-state index in [1.54, 1.807) is 6.92 Å². The fourth-order valence-corrected chi connectivity index (χ4v) is 4.39. The quantitative estimate of drug-likeness (QED) is 0.582. The van der Waals surface area contributed by atoms with Crippen LogP contribution in [0.1, 0.15) is 44.7 Å². The first-order valence-electron chi connectivity index (χ1n) is 10.8. The van der Waals surface area contributed by atoms with E-state index >= 15 is 0 Å². The zero-order valence-corrected chi connectivity index (χ0v) is 18.8. The Hall–Kier alpha value is -3.35. The van der Waals surface area contributed by atoms with Crippen molar-refractivity contribution in [2.75, 3.05) is 6.61 Å². The highest BCUT2D eigenvalue weighted by atomic mass is 16.5. The van der Waals surface area contributed by atoms with Crippen LogP contribution in [0.3, 0.4) is 0 Å². The molecular formula is C25H30N2O5. The highest BCUT2D eigenvalue weighted by molar-refractivity contribution is 5.85. The van der Waals surface area contributed by atoms with Gasteiger partial charge in [0.25, 0.3) is 0 Å². The minimum Gasteiger partial charge on any atom is -0.480 e. The molecule has 7 heteroatoms. The molecule has 0 fully saturated rings. The number of amides is 2. The summed E-state index contributed by atoms with van der Waals surface area (Å²) in [5.74, 6) is -2.29. The van der Waals surface area contributed by atoms with Gasteiger partial charge >= 0.3 is 12.1 Å². The molecule has 7 nitrogen and oxygen atoms in total. The number of carboxylic acid groups (broad SMARTS) is 1. The van der Waals surface area contributed by atoms with Crippen molar-refractivity contribution in [3.63, 3.8) is 0 Å². The Morgan fingerprint density at radius 2 is 1.44 bits per heavy atom. The molecule has 170 valence electrons. The van der Waals surface area contributed by atoms with Gasteiger partial charge in [-0.15, -0.1) is 0 Å². The summed E-state index contributed by atoms with van der Waals surface area (Å²) >= 11 is 0. The van der Waals surface area contributed by atoms with E-state index in [0.29, 0.717) is 0 Å². The van der Waals surface area contributed by atoms with E-state index in [-0.39, 0.29) is 18.4 Å². The van der Waals surface area contributed by atoms with Gasteiger partial charge in [0, 0.05) is 12.0 Å². The van der Waals surface area contributed by atoms with Gasteiger partial charge in [0.2, 0.25) is 5.91 Å². The largest absolute Gasteiger partial charge is 0.480 e. The first kappa shape index (κ1) is 23.3. The number of nitrogens with one attached hydrogen (secondary N) is 2. The number of carboxylic acids is 1. The minimum absolute atomic E-state index is 0.0518. The third-order valence-corrected chi connectivity index (χ3v) is 5.98. The van der Waals surface area contributed by atoms with Gasteiger partial charge in [-0.2, -0.15) is 0 Å². The zero-order chi connectivity index (χ0) is 23.4. The van der Waals surface area contributed by atoms with E-state index in [1.165, 1.54) is 6.92 Å². The maximum atomic E-state index is 12.6. The molecule has 0 heterocycles. The molecule has 1 aliphatic carbocycles. The average molecular weight is 439 g/mol. The molecule has 0 saturated heterocycles. The summed E-state index contributed by atoms with van der Waals surface area (Å²) in [5.41, 5.74) is 4.54. The van der Waals surface area contributed by atoms with Gasteiger partial charge < -0.3 is 20.5 Å². The van der Waals surface area contributed by atoms with Crippen molar-refractivity contribution in [2.45, 2.75) is 45.7 Å². The minimum atomic E-state index is -1.11. The molecule has 3 atom stereocenters. The first-order valence-corrected chi connectivity index (χ1v) is 10.8. The number of carbonyl (C=O) groups excluding carboxylic acids is 2. The number of benzene rings is 2. The Labute approximate surface area is 188 Å². The summed E-state index contributed by atoms with van der Waals surface area (Å²) in [4.78, 5) is 36.2. The van der Waals surface area contributed by atoms with Crippen LogP contribution in [0, 0.1) is 11.8 Å². The van der Waals surface area contributed by atoms with Crippen LogP contribution in [0.5, 0.6) is 0 Å². The maximum Gasteiger partial charge on any atom is 0.407 e. The summed E-state index contributed by atoms with van der Waals surface area (Å²) in [5, 5.41) is 14.3. The van der Waals surface area contributed by atoms with Gasteiger partial charge in [-0.3, -0.25) is 9.59 Å². The van der Waals surface area contributed by atoms with Crippen molar-refractivity contribution in [1.29, 1.82) is 0 Å². The summed E-state index contributed by atoms with van der Waals surface area (Å²) in [6.07, 6.45) is -0.607. The van der Waals surface area contributed by atoms with Crippen molar-refractivity contribution >= 4 is 18.0 Å². The van der Waals surface area contributed by atoms with Crippen molar-refractivity contribution < 1.29 is 24.2 Å². The zero-order valence-electron chi connectivity index (χ0n) is 18.8. The Balaban J connectivity index is 1.64. The van der Waals surface area contributed by atoms with E-state index in [9.17, 15) is 14.4 Å². The molecule has 0 aliphatic heterocycles. The van der Waals surface area contributed by atoms with E-state index in [4.69, 9.17) is 9.84 Å². The molecule has 2 amide bonds. The lowest BCUT2D eigenvalue weighted by Crippen LogP contribution is -2.50. The normalized spacial score (nSPS) is 15.3. The van der Waals surface area contributed by atoms with E-state index in [2.05, 4.69) is 22.8 Å². The molecule has 3 N–H and O–H groups in total. The van der Waals surface area contributed by atoms with E-state index in [0.717, 1.165) is 22.3 Å². The monoisotopic (exact) mass is 438 g/mol. The van der Waals surface area contributed by atoms with Crippen molar-refractivity contribution in [3.8, 4) is 11.1 Å². The summed E-state index contributed by atoms with van der Waals surface area (Å²) in [6.45, 7) is 7.01. The van der Waals surface area contributed by atoms with Crippen LogP contribution >= 0.6 is 0 Å². The maximum absolute atomic E-state index is 12.6. The molecular weight excluding hydrogens is 408 g/mol. The highest BCUT2D eigenvalue weighted by Gasteiger charge is 2.32. The highest BCUT2D eigenvalue weighted by Crippen LogP contribution is 2.44. The Kier molecular flexibility index (Phi) is 7.18. The van der Waals surface area contributed by atoms with Gasteiger partial charge in [0.05, 0.1) is 5.92 Å². The topological polar surface area (TPSA) is 105 Å². The molecule has 2 aromatic carbocycles. The molecule has 3 rings (SSSR count). The van der Waals surface area contributed by atoms with Crippen LogP contribution in [0.25, 0.3) is 11.1 Å². The number of rotatable bonds is 8. The molecule has 0 radical (unpaired) electrons. The molecule has 2 aromatic rings. The third-order valence-electron chi connectivity index (χ3n) is 5.98. The summed E-state index contributed by atoms with van der Waals surface area (Å²) in [6, 6.07) is 14.6. The van der Waals surface area contributed by atoms with Gasteiger partial charge in [-0.05, 0) is 42.0 Å². The molecule has 2 unspecified atom stereocenters. The van der Waals surface area contributed by atoms with Gasteiger partial charge in [-0.25, -0.2) is 4.79 Å². The second-order valence-corrected chi connectivity index (χ2v) is 8.60. The predicted molar refractivity (Wildman–Crippen MR) is 121 cm³/mol. The van der Waals surface area contributed by atoms with Crippen LogP contribution in [0.4, 0.5) is 4.79 Å². The number of carbonyl (C=O) groups is 3. The SMILES string of the molecule is CC(C)C(C(=O)N[C@H](C)C(=O)O)C(C)NC(=O)OCC1c2ccccc2-c2ccccc21. The molecule has 1 aliphatic rings. The molecule has 0 spiro atoms. The van der Waals surface area contributed by atoms with Gasteiger partial charge in [0.1, 0.15) is 12.6 Å². The number of hydrogen-bond donors (Lipinski definition) is 3. The Bertz CT molecular complexity index is 958. The molecule has 0 bridgehead atoms. The molecule has 32 heavy (non-hydrogen) atoms. The standard InChI is InChI=1S/C25H30N2O5/c1-14(2)22(23(28)26-16(4)24(29)30)15(3)27-25(31)32-13-21-19-11-7-5-9-17(19)18-10-6-8-12-20(18)21/h5-12,14-16,21-22H,13H2,1-4H3,(H,26,28)(H,27,31)(H,29,30)/t15?,16-,22?/m1/s1. The lowest BCUT2D eigenvalue weighted by atomic mass is 9.88. The predicted octanol–water partition coefficient (Wildman–Crippen LogP) is 3.78. The van der Waals surface area contributed by atoms with E-state index in [1.807, 2.05) is 50.2 Å². The van der Waals surface area contributed by atoms with Crippen molar-refractivity contribution in [3.05, 3.63) is 59.7 Å². The summed E-state index contributed by atoms with van der Waals surface area (Å²) < 4.78 is 5.56. The van der Waals surface area contributed by atoms with Gasteiger partial charge in [0.15, 0.2) is 0 Å². The number of hydrogen-bond acceptors (Lipinski definition) is 4. The number of ether oxygens (including phenoxy) is 1. The van der Waals surface area contributed by atoms with Crippen LogP contribution in [0.15, 0.2) is 48.5 Å². The van der Waals surface area contributed by atoms with Crippen LogP contribution in [0.2, 0.25) is 0 Å². The van der Waals surface area contributed by atoms with Crippen LogP contribution in [-0.4, -0.2) is 41.8 Å². The third kappa shape index (κ3) is 4.93. The number of alkyl carbamates (subject to hydrolysis) is 1. The molecule has 0 saturated carbocycles. The molecule has 0 aromatic heterocycles. The van der Waals surface area contributed by atoms with Crippen molar-refractivity contribution in [2.24, 2.45) is 11.8 Å².